The van der Waals surface area contributed by atoms with E-state index >= 15 is 0 Å². The molecule has 0 saturated carbocycles. The van der Waals surface area contributed by atoms with Crippen molar-refractivity contribution in [2.75, 3.05) is 14.1 Å². The lowest BCUT2D eigenvalue weighted by Gasteiger charge is -2.20. The summed E-state index contributed by atoms with van der Waals surface area (Å²) in [6.07, 6.45) is 0.0306. The number of nitrogens with two attached hydrogens (primary N) is 1. The van der Waals surface area contributed by atoms with Gasteiger partial charge in [-0.2, -0.15) is 8.78 Å². The number of carboxylic acid groups (broad SMARTS) is 1. The molecule has 0 spiro atoms. The van der Waals surface area contributed by atoms with Gasteiger partial charge in [0.1, 0.15) is 6.04 Å². The van der Waals surface area contributed by atoms with Crippen molar-refractivity contribution in [3.63, 3.8) is 0 Å². The Labute approximate surface area is 115 Å². The number of hydrogen-bond donors (Lipinski definition) is 2. The fraction of sp³-hybridized carbons (Fsp3) is 0.385. The van der Waals surface area contributed by atoms with E-state index in [4.69, 9.17) is 10.8 Å². The highest BCUT2D eigenvalue weighted by Gasteiger charge is 2.41. The Morgan fingerprint density at radius 2 is 1.80 bits per heavy atom. The molecule has 0 aliphatic rings. The number of rotatable bonds is 5. The first-order valence-corrected chi connectivity index (χ1v) is 5.83. The van der Waals surface area contributed by atoms with Crippen molar-refractivity contribution < 1.29 is 23.5 Å². The fourth-order valence-corrected chi connectivity index (χ4v) is 1.60. The number of carbonyl (C=O) groups excluding carboxylic acids is 1. The molecule has 20 heavy (non-hydrogen) atoms. The molecule has 1 aromatic rings. The van der Waals surface area contributed by atoms with Crippen molar-refractivity contribution in [2.24, 2.45) is 5.73 Å². The van der Waals surface area contributed by atoms with Crippen molar-refractivity contribution in [2.45, 2.75) is 18.4 Å². The summed E-state index contributed by atoms with van der Waals surface area (Å²) >= 11 is 0. The summed E-state index contributed by atoms with van der Waals surface area (Å²) in [6.45, 7) is 0. The monoisotopic (exact) mass is 286 g/mol. The van der Waals surface area contributed by atoms with Gasteiger partial charge in [0.2, 0.25) is 0 Å². The van der Waals surface area contributed by atoms with Gasteiger partial charge < -0.3 is 15.7 Å². The van der Waals surface area contributed by atoms with E-state index in [9.17, 15) is 18.4 Å². The zero-order valence-electron chi connectivity index (χ0n) is 11.1. The average molecular weight is 286 g/mol. The molecule has 1 rings (SSSR count). The zero-order valence-corrected chi connectivity index (χ0v) is 11.1. The molecule has 110 valence electrons. The highest BCUT2D eigenvalue weighted by Crippen LogP contribution is 2.29. The lowest BCUT2D eigenvalue weighted by molar-refractivity contribution is -0.156. The van der Waals surface area contributed by atoms with Crippen LogP contribution in [0.3, 0.4) is 0 Å². The quantitative estimate of drug-likeness (QED) is 0.839. The number of halogens is 2. The Balaban J connectivity index is 2.91. The summed E-state index contributed by atoms with van der Waals surface area (Å²) in [4.78, 5) is 22.8. The predicted octanol–water partition coefficient (Wildman–Crippen LogP) is 0.821. The zero-order chi connectivity index (χ0) is 15.5. The van der Waals surface area contributed by atoms with Crippen molar-refractivity contribution in [1.82, 2.24) is 4.90 Å². The molecule has 1 amide bonds. The van der Waals surface area contributed by atoms with Crippen LogP contribution in [0.25, 0.3) is 0 Å². The third-order valence-corrected chi connectivity index (χ3v) is 2.76. The van der Waals surface area contributed by atoms with Gasteiger partial charge in [0.05, 0.1) is 0 Å². The first-order valence-electron chi connectivity index (χ1n) is 5.83. The van der Waals surface area contributed by atoms with Gasteiger partial charge >= 0.3 is 11.9 Å². The van der Waals surface area contributed by atoms with Gasteiger partial charge in [0, 0.05) is 19.7 Å². The summed E-state index contributed by atoms with van der Waals surface area (Å²) in [7, 11) is 2.49. The number of alkyl halides is 2. The van der Waals surface area contributed by atoms with Gasteiger partial charge in [-0.1, -0.05) is 24.3 Å². The van der Waals surface area contributed by atoms with Gasteiger partial charge in [-0.25, -0.2) is 0 Å². The molecule has 0 radical (unpaired) electrons. The van der Waals surface area contributed by atoms with Crippen molar-refractivity contribution in [3.05, 3.63) is 35.4 Å². The second kappa shape index (κ2) is 5.96. The molecule has 1 atom stereocenters. The number of hydrogen-bond acceptors (Lipinski definition) is 3. The Bertz CT molecular complexity index is 501. The molecule has 0 bridgehead atoms. The van der Waals surface area contributed by atoms with E-state index in [1.807, 2.05) is 0 Å². The molecular formula is C13H16F2N2O3. The van der Waals surface area contributed by atoms with Crippen LogP contribution in [0, 0.1) is 0 Å². The van der Waals surface area contributed by atoms with Gasteiger partial charge in [-0.05, 0) is 12.0 Å². The summed E-state index contributed by atoms with van der Waals surface area (Å²) < 4.78 is 27.6. The van der Waals surface area contributed by atoms with Crippen LogP contribution in [-0.2, 0) is 21.9 Å². The maximum atomic E-state index is 13.8. The number of amides is 1. The first kappa shape index (κ1) is 16.0. The lowest BCUT2D eigenvalue weighted by Crippen LogP contribution is -2.37. The van der Waals surface area contributed by atoms with E-state index < -0.39 is 29.4 Å². The molecule has 0 saturated heterocycles. The number of nitrogens with zero attached hydrogens (tertiary/aromatic N) is 1. The Morgan fingerprint density at radius 1 is 1.30 bits per heavy atom. The smallest absolute Gasteiger partial charge is 0.349 e. The highest BCUT2D eigenvalue weighted by molar-refractivity contribution is 5.84. The number of carbonyl (C=O) groups is 2. The van der Waals surface area contributed by atoms with Crippen LogP contribution >= 0.6 is 0 Å². The summed E-state index contributed by atoms with van der Waals surface area (Å²) in [5.74, 6) is -6.09. The van der Waals surface area contributed by atoms with Crippen LogP contribution in [0.2, 0.25) is 0 Å². The molecule has 0 aromatic heterocycles. The van der Waals surface area contributed by atoms with Crippen molar-refractivity contribution in [3.8, 4) is 0 Å². The standard InChI is InChI=1S/C13H16F2N2O3/c1-17(2)12(20)13(14,15)9-5-3-8(4-6-9)7-10(16)11(18)19/h3-6,10H,7,16H2,1-2H3,(H,18,19)/t10-/m0/s1. The predicted molar refractivity (Wildman–Crippen MR) is 68.3 cm³/mol. The third-order valence-electron chi connectivity index (χ3n) is 2.76. The Kier molecular flexibility index (Phi) is 4.78. The molecule has 1 aromatic carbocycles. The summed E-state index contributed by atoms with van der Waals surface area (Å²) in [5.41, 5.74) is 5.42. The van der Waals surface area contributed by atoms with Crippen LogP contribution in [0.5, 0.6) is 0 Å². The van der Waals surface area contributed by atoms with E-state index in [0.717, 1.165) is 17.0 Å². The van der Waals surface area contributed by atoms with Crippen LogP contribution in [0.1, 0.15) is 11.1 Å². The minimum atomic E-state index is -3.61. The van der Waals surface area contributed by atoms with E-state index in [1.165, 1.54) is 26.2 Å². The largest absolute Gasteiger partial charge is 0.480 e. The third kappa shape index (κ3) is 3.51. The van der Waals surface area contributed by atoms with E-state index in [-0.39, 0.29) is 6.42 Å². The lowest BCUT2D eigenvalue weighted by atomic mass is 10.0. The normalized spacial score (nSPS) is 12.8. The number of carboxylic acids is 1. The number of likely N-dealkylation sites (N-methyl/N-ethyl adjacent to an activating group) is 1. The van der Waals surface area contributed by atoms with Gasteiger partial charge in [-0.3, -0.25) is 9.59 Å². The fourth-order valence-electron chi connectivity index (χ4n) is 1.60. The molecule has 5 nitrogen and oxygen atoms in total. The molecule has 0 aliphatic heterocycles. The SMILES string of the molecule is CN(C)C(=O)C(F)(F)c1ccc(C[C@H](N)C(=O)O)cc1. The Hall–Kier alpha value is -2.02. The molecule has 0 fully saturated rings. The maximum absolute atomic E-state index is 13.8. The molecule has 0 unspecified atom stereocenters. The maximum Gasteiger partial charge on any atom is 0.349 e. The van der Waals surface area contributed by atoms with E-state index in [1.54, 1.807) is 0 Å². The molecule has 0 aliphatic carbocycles. The number of benzene rings is 1. The Morgan fingerprint density at radius 3 is 2.20 bits per heavy atom. The first-order chi connectivity index (χ1) is 9.16. The van der Waals surface area contributed by atoms with Gasteiger partial charge in [0.25, 0.3) is 5.91 Å². The van der Waals surface area contributed by atoms with Gasteiger partial charge in [0.15, 0.2) is 0 Å². The molecular weight excluding hydrogens is 270 g/mol. The van der Waals surface area contributed by atoms with Gasteiger partial charge in [-0.15, -0.1) is 0 Å². The second-order valence-corrected chi connectivity index (χ2v) is 4.62. The van der Waals surface area contributed by atoms with Crippen LogP contribution < -0.4 is 5.73 Å². The molecule has 0 heterocycles. The summed E-state index contributed by atoms with van der Waals surface area (Å²) in [6, 6.07) is 3.80. The highest BCUT2D eigenvalue weighted by atomic mass is 19.3. The van der Waals surface area contributed by atoms with Crippen LogP contribution in [0.15, 0.2) is 24.3 Å². The topological polar surface area (TPSA) is 83.6 Å². The van der Waals surface area contributed by atoms with Crippen LogP contribution in [-0.4, -0.2) is 42.0 Å². The van der Waals surface area contributed by atoms with Crippen molar-refractivity contribution >= 4 is 11.9 Å². The second-order valence-electron chi connectivity index (χ2n) is 4.62. The molecule has 3 N–H and O–H groups in total. The minimum absolute atomic E-state index is 0.0306. The minimum Gasteiger partial charge on any atom is -0.480 e. The molecule has 7 heteroatoms. The summed E-state index contributed by atoms with van der Waals surface area (Å²) in [5, 5.41) is 8.67. The average Bonchev–Trinajstić information content (AvgIpc) is 2.38. The van der Waals surface area contributed by atoms with E-state index in [2.05, 4.69) is 0 Å². The van der Waals surface area contributed by atoms with Crippen molar-refractivity contribution in [1.29, 1.82) is 0 Å². The van der Waals surface area contributed by atoms with Crippen LogP contribution in [0.4, 0.5) is 8.78 Å². The van der Waals surface area contributed by atoms with E-state index in [0.29, 0.717) is 5.56 Å². The number of aliphatic carboxylic acids is 1.